The van der Waals surface area contributed by atoms with Gasteiger partial charge in [0.05, 0.1) is 16.7 Å². The fraction of sp³-hybridized carbons (Fsp3) is 0.455. The summed E-state index contributed by atoms with van der Waals surface area (Å²) in [6.45, 7) is 2.86. The van der Waals surface area contributed by atoms with Crippen molar-refractivity contribution < 1.29 is 9.47 Å². The highest BCUT2D eigenvalue weighted by molar-refractivity contribution is 9.10. The molecule has 1 unspecified atom stereocenters. The molecule has 1 atom stereocenters. The summed E-state index contributed by atoms with van der Waals surface area (Å²) in [7, 11) is 0. The Morgan fingerprint density at radius 2 is 2.24 bits per heavy atom. The molecule has 0 amide bonds. The molecule has 94 valence electrons. The molecule has 1 aliphatic rings. The van der Waals surface area contributed by atoms with Crippen molar-refractivity contribution >= 4 is 39.1 Å². The molecule has 0 aromatic heterocycles. The molecule has 1 saturated heterocycles. The largest absolute Gasteiger partial charge is 0.489 e. The molecule has 6 heteroatoms. The molecule has 17 heavy (non-hydrogen) atoms. The highest BCUT2D eigenvalue weighted by Gasteiger charge is 2.15. The van der Waals surface area contributed by atoms with Crippen LogP contribution in [-0.2, 0) is 4.74 Å². The highest BCUT2D eigenvalue weighted by atomic mass is 79.9. The van der Waals surface area contributed by atoms with Crippen molar-refractivity contribution in [2.45, 2.75) is 6.10 Å². The lowest BCUT2D eigenvalue weighted by Crippen LogP contribution is -2.41. The molecular weight excluding hydrogens is 329 g/mol. The fourth-order valence-electron chi connectivity index (χ4n) is 1.52. The third-order valence-corrected chi connectivity index (χ3v) is 3.90. The van der Waals surface area contributed by atoms with E-state index in [0.717, 1.165) is 17.6 Å². The predicted octanol–water partition coefficient (Wildman–Crippen LogP) is 3.12. The summed E-state index contributed by atoms with van der Waals surface area (Å²) in [6.07, 6.45) is 0.0576. The molecule has 0 aliphatic carbocycles. The first kappa shape index (κ1) is 13.4. The Morgan fingerprint density at radius 3 is 2.94 bits per heavy atom. The summed E-state index contributed by atoms with van der Waals surface area (Å²) in [5.41, 5.74) is 0. The number of morpholine rings is 1. The molecule has 0 radical (unpaired) electrons. The number of benzene rings is 1. The fourth-order valence-corrected chi connectivity index (χ4v) is 2.37. The maximum atomic E-state index is 6.05. The van der Waals surface area contributed by atoms with Gasteiger partial charge < -0.3 is 14.8 Å². The molecule has 0 spiro atoms. The zero-order valence-corrected chi connectivity index (χ0v) is 12.1. The minimum atomic E-state index is 0.0576. The van der Waals surface area contributed by atoms with Gasteiger partial charge in [-0.2, -0.15) is 0 Å². The van der Waals surface area contributed by atoms with Crippen LogP contribution in [0.3, 0.4) is 0 Å². The first-order chi connectivity index (χ1) is 8.16. The van der Waals surface area contributed by atoms with Crippen LogP contribution >= 0.6 is 39.1 Å². The van der Waals surface area contributed by atoms with Gasteiger partial charge in [-0.1, -0.05) is 23.2 Å². The van der Waals surface area contributed by atoms with Gasteiger partial charge in [0.1, 0.15) is 18.5 Å². The average molecular weight is 341 g/mol. The standard InChI is InChI=1S/C11H12BrCl2NO2/c12-8-3-10(14)11(4-9(8)13)17-6-7-5-15-1-2-16-7/h3-4,7,15H,1-2,5-6H2. The Kier molecular flexibility index (Phi) is 4.94. The van der Waals surface area contributed by atoms with E-state index in [-0.39, 0.29) is 6.10 Å². The SMILES string of the molecule is Clc1cc(OCC2CNCCO2)c(Cl)cc1Br. The smallest absolute Gasteiger partial charge is 0.139 e. The van der Waals surface area contributed by atoms with Crippen LogP contribution in [0, 0.1) is 0 Å². The maximum Gasteiger partial charge on any atom is 0.139 e. The second kappa shape index (κ2) is 6.25. The van der Waals surface area contributed by atoms with Crippen LogP contribution in [0.5, 0.6) is 5.75 Å². The monoisotopic (exact) mass is 339 g/mol. The highest BCUT2D eigenvalue weighted by Crippen LogP contribution is 2.34. The predicted molar refractivity (Wildman–Crippen MR) is 72.3 cm³/mol. The Balaban J connectivity index is 1.96. The Hall–Kier alpha value is -0.0000000000000000555. The number of nitrogens with one attached hydrogen (secondary N) is 1. The van der Waals surface area contributed by atoms with Crippen molar-refractivity contribution in [2.75, 3.05) is 26.3 Å². The zero-order chi connectivity index (χ0) is 12.3. The second-order valence-corrected chi connectivity index (χ2v) is 5.37. The summed E-state index contributed by atoms with van der Waals surface area (Å²) in [6, 6.07) is 3.42. The van der Waals surface area contributed by atoms with Crippen molar-refractivity contribution in [3.8, 4) is 5.75 Å². The van der Waals surface area contributed by atoms with Crippen molar-refractivity contribution in [3.63, 3.8) is 0 Å². The zero-order valence-electron chi connectivity index (χ0n) is 9.01. The second-order valence-electron chi connectivity index (χ2n) is 3.70. The third-order valence-electron chi connectivity index (χ3n) is 2.40. The number of hydrogen-bond donors (Lipinski definition) is 1. The Bertz CT molecular complexity index is 397. The normalized spacial score (nSPS) is 20.3. The van der Waals surface area contributed by atoms with Crippen LogP contribution in [0.1, 0.15) is 0 Å². The van der Waals surface area contributed by atoms with Crippen molar-refractivity contribution in [1.82, 2.24) is 5.32 Å². The number of halogens is 3. The average Bonchev–Trinajstić information content (AvgIpc) is 2.33. The van der Waals surface area contributed by atoms with Crippen LogP contribution < -0.4 is 10.1 Å². The van der Waals surface area contributed by atoms with Crippen LogP contribution in [0.2, 0.25) is 10.0 Å². The molecule has 1 heterocycles. The van der Waals surface area contributed by atoms with Crippen molar-refractivity contribution in [2.24, 2.45) is 0 Å². The van der Waals surface area contributed by atoms with Gasteiger partial charge in [0.25, 0.3) is 0 Å². The summed E-state index contributed by atoms with van der Waals surface area (Å²) < 4.78 is 11.9. The van der Waals surface area contributed by atoms with Crippen LogP contribution in [-0.4, -0.2) is 32.4 Å². The lowest BCUT2D eigenvalue weighted by molar-refractivity contribution is 0.000217. The van der Waals surface area contributed by atoms with E-state index in [9.17, 15) is 0 Å². The summed E-state index contributed by atoms with van der Waals surface area (Å²) in [4.78, 5) is 0. The molecule has 1 fully saturated rings. The molecular formula is C11H12BrCl2NO2. The van der Waals surface area contributed by atoms with E-state index < -0.39 is 0 Å². The number of ether oxygens (including phenoxy) is 2. The summed E-state index contributed by atoms with van der Waals surface area (Å²) in [5, 5.41) is 4.34. The maximum absolute atomic E-state index is 6.05. The lowest BCUT2D eigenvalue weighted by Gasteiger charge is -2.23. The van der Waals surface area contributed by atoms with E-state index in [2.05, 4.69) is 21.2 Å². The third kappa shape index (κ3) is 3.73. The molecule has 1 N–H and O–H groups in total. The van der Waals surface area contributed by atoms with Gasteiger partial charge in [-0.25, -0.2) is 0 Å². The van der Waals surface area contributed by atoms with Gasteiger partial charge in [0.15, 0.2) is 0 Å². The van der Waals surface area contributed by atoms with Gasteiger partial charge in [-0.3, -0.25) is 0 Å². The number of hydrogen-bond acceptors (Lipinski definition) is 3. The first-order valence-electron chi connectivity index (χ1n) is 5.26. The minimum Gasteiger partial charge on any atom is -0.489 e. The van der Waals surface area contributed by atoms with E-state index in [1.807, 2.05) is 0 Å². The molecule has 1 aromatic carbocycles. The summed E-state index contributed by atoms with van der Waals surface area (Å²) in [5.74, 6) is 0.578. The molecule has 1 aliphatic heterocycles. The lowest BCUT2D eigenvalue weighted by atomic mass is 10.3. The van der Waals surface area contributed by atoms with Gasteiger partial charge in [-0.05, 0) is 22.0 Å². The van der Waals surface area contributed by atoms with Crippen LogP contribution in [0.15, 0.2) is 16.6 Å². The van der Waals surface area contributed by atoms with E-state index in [0.29, 0.717) is 29.0 Å². The van der Waals surface area contributed by atoms with Gasteiger partial charge >= 0.3 is 0 Å². The molecule has 0 bridgehead atoms. The van der Waals surface area contributed by atoms with E-state index >= 15 is 0 Å². The quantitative estimate of drug-likeness (QED) is 0.857. The Labute approximate surface area is 119 Å². The van der Waals surface area contributed by atoms with E-state index in [1.54, 1.807) is 12.1 Å². The van der Waals surface area contributed by atoms with Gasteiger partial charge in [0, 0.05) is 23.6 Å². The molecule has 1 aromatic rings. The number of rotatable bonds is 3. The Morgan fingerprint density at radius 1 is 1.41 bits per heavy atom. The minimum absolute atomic E-state index is 0.0576. The first-order valence-corrected chi connectivity index (χ1v) is 6.81. The topological polar surface area (TPSA) is 30.5 Å². The molecule has 3 nitrogen and oxygen atoms in total. The van der Waals surface area contributed by atoms with E-state index in [4.69, 9.17) is 32.7 Å². The van der Waals surface area contributed by atoms with Crippen molar-refractivity contribution in [1.29, 1.82) is 0 Å². The van der Waals surface area contributed by atoms with E-state index in [1.165, 1.54) is 0 Å². The van der Waals surface area contributed by atoms with Crippen molar-refractivity contribution in [3.05, 3.63) is 26.7 Å². The molecule has 2 rings (SSSR count). The summed E-state index contributed by atoms with van der Waals surface area (Å²) >= 11 is 15.3. The van der Waals surface area contributed by atoms with Gasteiger partial charge in [0.2, 0.25) is 0 Å². The van der Waals surface area contributed by atoms with Gasteiger partial charge in [-0.15, -0.1) is 0 Å². The van der Waals surface area contributed by atoms with Crippen LogP contribution in [0.4, 0.5) is 0 Å². The van der Waals surface area contributed by atoms with Crippen LogP contribution in [0.25, 0.3) is 0 Å². The molecule has 0 saturated carbocycles.